The van der Waals surface area contributed by atoms with E-state index in [0.29, 0.717) is 26.2 Å². The molecule has 2 atom stereocenters. The van der Waals surface area contributed by atoms with Gasteiger partial charge in [0, 0.05) is 25.7 Å². The fourth-order valence-electron chi connectivity index (χ4n) is 3.31. The summed E-state index contributed by atoms with van der Waals surface area (Å²) in [6, 6.07) is 7.55. The zero-order valence-corrected chi connectivity index (χ0v) is 13.7. The van der Waals surface area contributed by atoms with E-state index in [1.165, 1.54) is 0 Å². The third-order valence-corrected chi connectivity index (χ3v) is 5.75. The molecule has 2 aliphatic heterocycles. The SMILES string of the molecule is Cc1cccc(CS(=O)(=O)N[C@@H]2CCO[C@@]3(CCOC3)C2)c1. The summed E-state index contributed by atoms with van der Waals surface area (Å²) in [6.45, 7) is 3.82. The number of aryl methyl sites for hydroxylation is 1. The Morgan fingerprint density at radius 2 is 2.23 bits per heavy atom. The number of ether oxygens (including phenoxy) is 2. The Kier molecular flexibility index (Phi) is 4.54. The van der Waals surface area contributed by atoms with Crippen LogP contribution in [0.15, 0.2) is 24.3 Å². The smallest absolute Gasteiger partial charge is 0.216 e. The van der Waals surface area contributed by atoms with Gasteiger partial charge >= 0.3 is 0 Å². The van der Waals surface area contributed by atoms with Crippen molar-refractivity contribution in [2.75, 3.05) is 19.8 Å². The lowest BCUT2D eigenvalue weighted by Crippen LogP contribution is -2.49. The van der Waals surface area contributed by atoms with Gasteiger partial charge in [-0.25, -0.2) is 13.1 Å². The molecule has 0 aliphatic carbocycles. The summed E-state index contributed by atoms with van der Waals surface area (Å²) in [5, 5.41) is 0. The number of sulfonamides is 1. The van der Waals surface area contributed by atoms with E-state index < -0.39 is 10.0 Å². The van der Waals surface area contributed by atoms with Crippen molar-refractivity contribution in [3.63, 3.8) is 0 Å². The first-order valence-electron chi connectivity index (χ1n) is 7.74. The molecule has 6 heteroatoms. The van der Waals surface area contributed by atoms with Gasteiger partial charge in [0.1, 0.15) is 0 Å². The molecule has 0 radical (unpaired) electrons. The number of benzene rings is 1. The van der Waals surface area contributed by atoms with Crippen LogP contribution in [0.2, 0.25) is 0 Å². The molecule has 1 aromatic rings. The second-order valence-electron chi connectivity index (χ2n) is 6.39. The number of hydrogen-bond acceptors (Lipinski definition) is 4. The fourth-order valence-corrected chi connectivity index (χ4v) is 4.72. The van der Waals surface area contributed by atoms with Crippen LogP contribution in [0.25, 0.3) is 0 Å². The van der Waals surface area contributed by atoms with Gasteiger partial charge in [-0.3, -0.25) is 0 Å². The quantitative estimate of drug-likeness (QED) is 0.916. The van der Waals surface area contributed by atoms with Gasteiger partial charge in [0.2, 0.25) is 10.0 Å². The van der Waals surface area contributed by atoms with Crippen LogP contribution in [-0.2, 0) is 25.2 Å². The summed E-state index contributed by atoms with van der Waals surface area (Å²) >= 11 is 0. The van der Waals surface area contributed by atoms with Gasteiger partial charge in [-0.05, 0) is 25.3 Å². The minimum Gasteiger partial charge on any atom is -0.378 e. The summed E-state index contributed by atoms with van der Waals surface area (Å²) < 4.78 is 38.9. The van der Waals surface area contributed by atoms with E-state index in [-0.39, 0.29) is 17.4 Å². The molecular formula is C16H23NO4S. The van der Waals surface area contributed by atoms with Crippen molar-refractivity contribution in [3.8, 4) is 0 Å². The molecule has 0 saturated carbocycles. The number of rotatable bonds is 4. The van der Waals surface area contributed by atoms with Crippen LogP contribution in [-0.4, -0.2) is 39.9 Å². The van der Waals surface area contributed by atoms with E-state index >= 15 is 0 Å². The Hall–Kier alpha value is -0.950. The van der Waals surface area contributed by atoms with Gasteiger partial charge in [0.15, 0.2) is 0 Å². The maximum Gasteiger partial charge on any atom is 0.216 e. The van der Waals surface area contributed by atoms with Crippen LogP contribution in [0.4, 0.5) is 0 Å². The van der Waals surface area contributed by atoms with Crippen LogP contribution < -0.4 is 4.72 Å². The average Bonchev–Trinajstić information content (AvgIpc) is 2.85. The van der Waals surface area contributed by atoms with Crippen molar-refractivity contribution in [3.05, 3.63) is 35.4 Å². The first-order chi connectivity index (χ1) is 10.5. The van der Waals surface area contributed by atoms with Crippen LogP contribution >= 0.6 is 0 Å². The normalized spacial score (nSPS) is 29.0. The van der Waals surface area contributed by atoms with Crippen LogP contribution in [0.3, 0.4) is 0 Å². The highest BCUT2D eigenvalue weighted by molar-refractivity contribution is 7.88. The van der Waals surface area contributed by atoms with Crippen molar-refractivity contribution < 1.29 is 17.9 Å². The predicted octanol–water partition coefficient (Wildman–Crippen LogP) is 1.75. The molecule has 0 unspecified atom stereocenters. The summed E-state index contributed by atoms with van der Waals surface area (Å²) in [7, 11) is -3.34. The lowest BCUT2D eigenvalue weighted by Gasteiger charge is -2.37. The lowest BCUT2D eigenvalue weighted by molar-refractivity contribution is -0.0868. The van der Waals surface area contributed by atoms with Crippen molar-refractivity contribution in [1.29, 1.82) is 0 Å². The third kappa shape index (κ3) is 3.87. The first-order valence-corrected chi connectivity index (χ1v) is 9.39. The molecule has 2 aliphatic rings. The third-order valence-electron chi connectivity index (χ3n) is 4.35. The molecule has 2 saturated heterocycles. The van der Waals surface area contributed by atoms with Gasteiger partial charge < -0.3 is 9.47 Å². The minimum absolute atomic E-state index is 0.0234. The average molecular weight is 325 g/mol. The van der Waals surface area contributed by atoms with E-state index in [1.54, 1.807) is 0 Å². The van der Waals surface area contributed by atoms with E-state index in [1.807, 2.05) is 31.2 Å². The Morgan fingerprint density at radius 1 is 1.36 bits per heavy atom. The molecule has 2 heterocycles. The summed E-state index contributed by atoms with van der Waals surface area (Å²) in [5.74, 6) is 0.0234. The topological polar surface area (TPSA) is 64.6 Å². The molecule has 0 amide bonds. The molecule has 122 valence electrons. The van der Waals surface area contributed by atoms with Gasteiger partial charge in [-0.15, -0.1) is 0 Å². The highest BCUT2D eigenvalue weighted by Gasteiger charge is 2.41. The highest BCUT2D eigenvalue weighted by atomic mass is 32.2. The Morgan fingerprint density at radius 3 is 2.95 bits per heavy atom. The van der Waals surface area contributed by atoms with Crippen molar-refractivity contribution in [2.24, 2.45) is 0 Å². The van der Waals surface area contributed by atoms with Crippen molar-refractivity contribution >= 4 is 10.0 Å². The van der Waals surface area contributed by atoms with Crippen LogP contribution in [0, 0.1) is 6.92 Å². The minimum atomic E-state index is -3.34. The molecule has 0 bridgehead atoms. The second-order valence-corrected chi connectivity index (χ2v) is 8.14. The molecule has 1 spiro atoms. The van der Waals surface area contributed by atoms with Crippen LogP contribution in [0.1, 0.15) is 30.4 Å². The maximum absolute atomic E-state index is 12.4. The molecule has 5 nitrogen and oxygen atoms in total. The Bertz CT molecular complexity index is 623. The van der Waals surface area contributed by atoms with E-state index in [0.717, 1.165) is 24.0 Å². The number of hydrogen-bond donors (Lipinski definition) is 1. The molecule has 2 fully saturated rings. The Balaban J connectivity index is 1.63. The first kappa shape index (κ1) is 15.9. The fraction of sp³-hybridized carbons (Fsp3) is 0.625. The molecule has 0 aromatic heterocycles. The lowest BCUT2D eigenvalue weighted by atomic mass is 9.90. The van der Waals surface area contributed by atoms with Gasteiger partial charge in [0.25, 0.3) is 0 Å². The summed E-state index contributed by atoms with van der Waals surface area (Å²) in [6.07, 6.45) is 2.26. The number of nitrogens with one attached hydrogen (secondary N) is 1. The molecule has 1 N–H and O–H groups in total. The monoisotopic (exact) mass is 325 g/mol. The molecular weight excluding hydrogens is 302 g/mol. The van der Waals surface area contributed by atoms with Gasteiger partial charge in [-0.1, -0.05) is 29.8 Å². The molecule has 22 heavy (non-hydrogen) atoms. The van der Waals surface area contributed by atoms with Gasteiger partial charge in [0.05, 0.1) is 18.0 Å². The molecule has 1 aromatic carbocycles. The van der Waals surface area contributed by atoms with Crippen LogP contribution in [0.5, 0.6) is 0 Å². The highest BCUT2D eigenvalue weighted by Crippen LogP contribution is 2.33. The van der Waals surface area contributed by atoms with Gasteiger partial charge in [-0.2, -0.15) is 0 Å². The summed E-state index contributed by atoms with van der Waals surface area (Å²) in [5.41, 5.74) is 1.61. The second kappa shape index (κ2) is 6.28. The van der Waals surface area contributed by atoms with E-state index in [2.05, 4.69) is 4.72 Å². The largest absolute Gasteiger partial charge is 0.378 e. The molecule has 3 rings (SSSR count). The maximum atomic E-state index is 12.4. The van der Waals surface area contributed by atoms with Crippen molar-refractivity contribution in [2.45, 2.75) is 43.6 Å². The van der Waals surface area contributed by atoms with E-state index in [9.17, 15) is 8.42 Å². The Labute approximate surface area is 132 Å². The summed E-state index contributed by atoms with van der Waals surface area (Å²) in [4.78, 5) is 0. The van der Waals surface area contributed by atoms with Crippen molar-refractivity contribution in [1.82, 2.24) is 4.72 Å². The van der Waals surface area contributed by atoms with E-state index in [4.69, 9.17) is 9.47 Å². The standard InChI is InChI=1S/C16H23NO4S/c1-13-3-2-4-14(9-13)11-22(18,19)17-15-5-7-21-16(10-15)6-8-20-12-16/h2-4,9,15,17H,5-8,10-12H2,1H3/t15-,16+/m1/s1. The predicted molar refractivity (Wildman–Crippen MR) is 84.1 cm³/mol. The zero-order chi connectivity index (χ0) is 15.6. The zero-order valence-electron chi connectivity index (χ0n) is 12.9.